The van der Waals surface area contributed by atoms with Gasteiger partial charge in [-0.15, -0.1) is 11.3 Å². The van der Waals surface area contributed by atoms with Gasteiger partial charge in [-0.25, -0.2) is 4.39 Å². The monoisotopic (exact) mass is 300 g/mol. The molecule has 0 saturated heterocycles. The molecule has 2 aromatic rings. The molecule has 1 unspecified atom stereocenters. The number of aryl methyl sites for hydroxylation is 1. The third-order valence-electron chi connectivity index (χ3n) is 2.45. The molecule has 0 aliphatic heterocycles. The second-order valence-electron chi connectivity index (χ2n) is 3.51. The lowest BCUT2D eigenvalue weighted by atomic mass is 10.0. The molecule has 1 N–H and O–H groups in total. The molecule has 1 aromatic carbocycles. The average Bonchev–Trinajstić information content (AvgIpc) is 2.67. The van der Waals surface area contributed by atoms with Crippen molar-refractivity contribution in [1.29, 1.82) is 0 Å². The second kappa shape index (κ2) is 4.65. The highest BCUT2D eigenvalue weighted by atomic mass is 79.9. The van der Waals surface area contributed by atoms with Crippen LogP contribution in [0.5, 0.6) is 0 Å². The van der Waals surface area contributed by atoms with Crippen molar-refractivity contribution in [2.24, 2.45) is 0 Å². The lowest BCUT2D eigenvalue weighted by Gasteiger charge is -2.11. The van der Waals surface area contributed by atoms with Crippen molar-refractivity contribution < 1.29 is 9.50 Å². The van der Waals surface area contributed by atoms with E-state index in [-0.39, 0.29) is 5.82 Å². The minimum absolute atomic E-state index is 0.357. The van der Waals surface area contributed by atoms with Crippen molar-refractivity contribution in [3.63, 3.8) is 0 Å². The van der Waals surface area contributed by atoms with Gasteiger partial charge in [0.15, 0.2) is 0 Å². The highest BCUT2D eigenvalue weighted by Crippen LogP contribution is 2.29. The van der Waals surface area contributed by atoms with Crippen LogP contribution < -0.4 is 0 Å². The molecular formula is C12H10BrFOS. The summed E-state index contributed by atoms with van der Waals surface area (Å²) in [5.41, 5.74) is 1.41. The zero-order chi connectivity index (χ0) is 11.7. The van der Waals surface area contributed by atoms with Gasteiger partial charge in [-0.2, -0.15) is 0 Å². The molecule has 0 amide bonds. The summed E-state index contributed by atoms with van der Waals surface area (Å²) in [5.74, 6) is -0.357. The van der Waals surface area contributed by atoms with Gasteiger partial charge in [-0.1, -0.05) is 6.07 Å². The van der Waals surface area contributed by atoms with Gasteiger partial charge in [-0.05, 0) is 57.6 Å². The molecule has 0 bridgehead atoms. The van der Waals surface area contributed by atoms with E-state index in [1.54, 1.807) is 23.5 Å². The Morgan fingerprint density at radius 1 is 1.38 bits per heavy atom. The van der Waals surface area contributed by atoms with E-state index in [1.807, 2.05) is 18.4 Å². The summed E-state index contributed by atoms with van der Waals surface area (Å²) in [4.78, 5) is 1.05. The molecule has 4 heteroatoms. The molecule has 0 aliphatic rings. The maximum Gasteiger partial charge on any atom is 0.137 e. The molecule has 1 heterocycles. The first-order valence-corrected chi connectivity index (χ1v) is 6.44. The van der Waals surface area contributed by atoms with Crippen molar-refractivity contribution in [2.45, 2.75) is 13.0 Å². The molecule has 16 heavy (non-hydrogen) atoms. The molecule has 84 valence electrons. The lowest BCUT2D eigenvalue weighted by molar-refractivity contribution is 0.219. The van der Waals surface area contributed by atoms with Crippen LogP contribution >= 0.6 is 27.3 Å². The second-order valence-corrected chi connectivity index (χ2v) is 5.48. The van der Waals surface area contributed by atoms with E-state index in [0.29, 0.717) is 10.0 Å². The summed E-state index contributed by atoms with van der Waals surface area (Å²) in [6, 6.07) is 6.54. The van der Waals surface area contributed by atoms with E-state index in [9.17, 15) is 9.50 Å². The van der Waals surface area contributed by atoms with Crippen molar-refractivity contribution in [2.75, 3.05) is 0 Å². The minimum atomic E-state index is -0.756. The van der Waals surface area contributed by atoms with Crippen LogP contribution in [0.25, 0.3) is 0 Å². The Kier molecular flexibility index (Phi) is 3.42. The fourth-order valence-electron chi connectivity index (χ4n) is 1.54. The van der Waals surface area contributed by atoms with Crippen LogP contribution in [0.1, 0.15) is 22.1 Å². The third kappa shape index (κ3) is 2.19. The summed E-state index contributed by atoms with van der Waals surface area (Å²) < 4.78 is 13.7. The molecule has 0 saturated carbocycles. The zero-order valence-corrected chi connectivity index (χ0v) is 11.0. The van der Waals surface area contributed by atoms with Gasteiger partial charge in [0.1, 0.15) is 11.9 Å². The normalized spacial score (nSPS) is 12.8. The highest BCUT2D eigenvalue weighted by molar-refractivity contribution is 9.10. The number of hydrogen-bond acceptors (Lipinski definition) is 2. The number of benzene rings is 1. The lowest BCUT2D eigenvalue weighted by Crippen LogP contribution is -2.00. The molecule has 2 rings (SSSR count). The van der Waals surface area contributed by atoms with Crippen LogP contribution in [-0.2, 0) is 0 Å². The predicted octanol–water partition coefficient (Wildman–Crippen LogP) is 4.04. The fraction of sp³-hybridized carbons (Fsp3) is 0.167. The van der Waals surface area contributed by atoms with Crippen LogP contribution in [-0.4, -0.2) is 5.11 Å². The summed E-state index contributed by atoms with van der Waals surface area (Å²) in [6.45, 7) is 1.94. The van der Waals surface area contributed by atoms with Crippen LogP contribution in [0, 0.1) is 12.7 Å². The zero-order valence-electron chi connectivity index (χ0n) is 8.58. The van der Waals surface area contributed by atoms with Gasteiger partial charge in [0.25, 0.3) is 0 Å². The largest absolute Gasteiger partial charge is 0.384 e. The van der Waals surface area contributed by atoms with Gasteiger partial charge < -0.3 is 5.11 Å². The average molecular weight is 301 g/mol. The fourth-order valence-corrected chi connectivity index (χ4v) is 2.52. The Bertz CT molecular complexity index is 509. The topological polar surface area (TPSA) is 20.2 Å². The first kappa shape index (κ1) is 11.8. The molecule has 1 nitrogen and oxygen atoms in total. The smallest absolute Gasteiger partial charge is 0.137 e. The van der Waals surface area contributed by atoms with Gasteiger partial charge in [0.05, 0.1) is 4.47 Å². The van der Waals surface area contributed by atoms with E-state index < -0.39 is 6.10 Å². The summed E-state index contributed by atoms with van der Waals surface area (Å²) >= 11 is 4.66. The Balaban J connectivity index is 2.38. The van der Waals surface area contributed by atoms with Crippen molar-refractivity contribution in [1.82, 2.24) is 0 Å². The molecule has 0 radical (unpaired) electrons. The Morgan fingerprint density at radius 2 is 2.12 bits per heavy atom. The maximum atomic E-state index is 13.3. The first-order valence-electron chi connectivity index (χ1n) is 4.76. The quantitative estimate of drug-likeness (QED) is 0.887. The predicted molar refractivity (Wildman–Crippen MR) is 67.2 cm³/mol. The number of aliphatic hydroxyl groups excluding tert-OH is 1. The number of rotatable bonds is 2. The summed E-state index contributed by atoms with van der Waals surface area (Å²) in [7, 11) is 0. The number of halogens is 2. The van der Waals surface area contributed by atoms with E-state index in [4.69, 9.17) is 0 Å². The number of thiophene rings is 1. The standard InChI is InChI=1S/C12H10BrFOS/c1-7-9(4-5-16-7)12(15)8-2-3-10(13)11(14)6-8/h2-6,12,15H,1H3. The highest BCUT2D eigenvalue weighted by Gasteiger charge is 2.14. The van der Waals surface area contributed by atoms with Crippen molar-refractivity contribution in [3.05, 3.63) is 55.9 Å². The minimum Gasteiger partial charge on any atom is -0.384 e. The number of hydrogen-bond donors (Lipinski definition) is 1. The summed E-state index contributed by atoms with van der Waals surface area (Å²) in [5, 5.41) is 12.0. The van der Waals surface area contributed by atoms with Crippen LogP contribution in [0.4, 0.5) is 4.39 Å². The van der Waals surface area contributed by atoms with Crippen molar-refractivity contribution >= 4 is 27.3 Å². The summed E-state index contributed by atoms with van der Waals surface area (Å²) in [6.07, 6.45) is -0.756. The van der Waals surface area contributed by atoms with Gasteiger partial charge in [-0.3, -0.25) is 0 Å². The SMILES string of the molecule is Cc1sccc1C(O)c1ccc(Br)c(F)c1. The van der Waals surface area contributed by atoms with Crippen LogP contribution in [0.2, 0.25) is 0 Å². The third-order valence-corrected chi connectivity index (χ3v) is 3.96. The Hall–Kier alpha value is -0.710. The van der Waals surface area contributed by atoms with E-state index in [1.165, 1.54) is 6.07 Å². The van der Waals surface area contributed by atoms with E-state index in [2.05, 4.69) is 15.9 Å². The Labute approximate surface area is 106 Å². The van der Waals surface area contributed by atoms with E-state index >= 15 is 0 Å². The number of aliphatic hydroxyl groups is 1. The molecule has 1 aromatic heterocycles. The van der Waals surface area contributed by atoms with Crippen molar-refractivity contribution in [3.8, 4) is 0 Å². The van der Waals surface area contributed by atoms with Crippen LogP contribution in [0.3, 0.4) is 0 Å². The Morgan fingerprint density at radius 3 is 2.69 bits per heavy atom. The van der Waals surface area contributed by atoms with E-state index in [0.717, 1.165) is 10.4 Å². The van der Waals surface area contributed by atoms with Crippen LogP contribution in [0.15, 0.2) is 34.1 Å². The first-order chi connectivity index (χ1) is 7.59. The van der Waals surface area contributed by atoms with Gasteiger partial charge in [0.2, 0.25) is 0 Å². The molecule has 1 atom stereocenters. The maximum absolute atomic E-state index is 13.3. The molecular weight excluding hydrogens is 291 g/mol. The van der Waals surface area contributed by atoms with Gasteiger partial charge in [0, 0.05) is 4.88 Å². The molecule has 0 fully saturated rings. The molecule has 0 aliphatic carbocycles. The van der Waals surface area contributed by atoms with Gasteiger partial charge >= 0.3 is 0 Å². The molecule has 0 spiro atoms.